The molecular weight excluding hydrogens is 200 g/mol. The maximum absolute atomic E-state index is 11.7. The summed E-state index contributed by atoms with van der Waals surface area (Å²) in [5.74, 6) is -0.304. The van der Waals surface area contributed by atoms with Crippen LogP contribution in [0, 0.1) is 10.8 Å². The minimum absolute atomic E-state index is 0.0210. The summed E-state index contributed by atoms with van der Waals surface area (Å²) in [6, 6.07) is 0. The summed E-state index contributed by atoms with van der Waals surface area (Å²) in [7, 11) is 0. The molecule has 0 bridgehead atoms. The highest BCUT2D eigenvalue weighted by atomic mass is 16.3. The Balaban J connectivity index is 3.16. The molecule has 0 spiro atoms. The average molecular weight is 222 g/mol. The molecule has 0 unspecified atom stereocenters. The van der Waals surface area contributed by atoms with Crippen molar-refractivity contribution < 1.29 is 9.90 Å². The second-order valence-corrected chi connectivity index (χ2v) is 6.54. The number of rotatable bonds is 0. The third-order valence-corrected chi connectivity index (χ3v) is 3.06. The predicted octanol–water partition coefficient (Wildman–Crippen LogP) is 3.79. The molecule has 0 radical (unpaired) electrons. The lowest BCUT2D eigenvalue weighted by atomic mass is 9.73. The summed E-state index contributed by atoms with van der Waals surface area (Å²) in [5.41, 5.74) is 1.77. The van der Waals surface area contributed by atoms with Crippen LogP contribution in [0.3, 0.4) is 0 Å². The lowest BCUT2D eigenvalue weighted by molar-refractivity contribution is -0.114. The molecule has 2 heteroatoms. The van der Waals surface area contributed by atoms with Gasteiger partial charge in [0.1, 0.15) is 0 Å². The van der Waals surface area contributed by atoms with Gasteiger partial charge in [0.05, 0.1) is 0 Å². The molecule has 0 saturated heterocycles. The highest BCUT2D eigenvalue weighted by Crippen LogP contribution is 2.40. The van der Waals surface area contributed by atoms with E-state index in [1.807, 2.05) is 20.8 Å². The van der Waals surface area contributed by atoms with E-state index < -0.39 is 0 Å². The van der Waals surface area contributed by atoms with E-state index in [0.717, 1.165) is 11.1 Å². The molecule has 0 aromatic heterocycles. The van der Waals surface area contributed by atoms with Gasteiger partial charge in [-0.3, -0.25) is 4.79 Å². The summed E-state index contributed by atoms with van der Waals surface area (Å²) in [5, 5.41) is 9.84. The fourth-order valence-corrected chi connectivity index (χ4v) is 1.80. The van der Waals surface area contributed by atoms with Crippen LogP contribution >= 0.6 is 0 Å². The van der Waals surface area contributed by atoms with Crippen LogP contribution in [0.4, 0.5) is 0 Å². The molecule has 0 amide bonds. The first-order valence-electron chi connectivity index (χ1n) is 5.71. The minimum Gasteiger partial charge on any atom is -0.504 e. The summed E-state index contributed by atoms with van der Waals surface area (Å²) < 4.78 is 0. The van der Waals surface area contributed by atoms with E-state index in [-0.39, 0.29) is 22.4 Å². The average Bonchev–Trinajstić information content (AvgIpc) is 2.05. The Morgan fingerprint density at radius 3 is 1.94 bits per heavy atom. The molecular formula is C14H22O2. The number of hydrogen-bond donors (Lipinski definition) is 1. The Hall–Kier alpha value is -1.05. The lowest BCUT2D eigenvalue weighted by Gasteiger charge is -2.32. The van der Waals surface area contributed by atoms with E-state index in [1.165, 1.54) is 0 Å². The molecule has 0 fully saturated rings. The molecule has 0 aliphatic heterocycles. The molecule has 0 aromatic carbocycles. The van der Waals surface area contributed by atoms with Crippen LogP contribution in [0.5, 0.6) is 0 Å². The van der Waals surface area contributed by atoms with Gasteiger partial charge in [0.25, 0.3) is 0 Å². The Labute approximate surface area is 98.1 Å². The second kappa shape index (κ2) is 3.76. The minimum atomic E-state index is -0.249. The quantitative estimate of drug-likeness (QED) is 0.677. The van der Waals surface area contributed by atoms with Crippen LogP contribution in [0.15, 0.2) is 23.0 Å². The number of ketones is 1. The van der Waals surface area contributed by atoms with Crippen molar-refractivity contribution in [1.82, 2.24) is 0 Å². The van der Waals surface area contributed by atoms with E-state index in [2.05, 4.69) is 20.8 Å². The SMILES string of the molecule is CC(C)(C)C1=CC(=O)C(O)=C(C(C)(C)C)C1. The molecule has 0 saturated carbocycles. The van der Waals surface area contributed by atoms with Crippen LogP contribution in [-0.2, 0) is 4.79 Å². The van der Waals surface area contributed by atoms with Crippen molar-refractivity contribution in [2.75, 3.05) is 0 Å². The highest BCUT2D eigenvalue weighted by molar-refractivity contribution is 6.04. The van der Waals surface area contributed by atoms with Gasteiger partial charge in [-0.15, -0.1) is 0 Å². The second-order valence-electron chi connectivity index (χ2n) is 6.54. The predicted molar refractivity (Wildman–Crippen MR) is 66.3 cm³/mol. The van der Waals surface area contributed by atoms with Crippen molar-refractivity contribution in [2.24, 2.45) is 10.8 Å². The first-order valence-corrected chi connectivity index (χ1v) is 5.71. The Morgan fingerprint density at radius 1 is 1.06 bits per heavy atom. The number of allylic oxidation sites excluding steroid dienone is 3. The normalized spacial score (nSPS) is 18.9. The summed E-state index contributed by atoms with van der Waals surface area (Å²) in [4.78, 5) is 11.7. The van der Waals surface area contributed by atoms with Crippen LogP contribution in [-0.4, -0.2) is 10.9 Å². The number of aliphatic hydroxyl groups is 1. The molecule has 1 aliphatic carbocycles. The van der Waals surface area contributed by atoms with Crippen molar-refractivity contribution >= 4 is 5.78 Å². The van der Waals surface area contributed by atoms with Gasteiger partial charge in [0.15, 0.2) is 5.76 Å². The van der Waals surface area contributed by atoms with Gasteiger partial charge in [-0.2, -0.15) is 0 Å². The van der Waals surface area contributed by atoms with Crippen molar-refractivity contribution in [2.45, 2.75) is 48.0 Å². The zero-order valence-electron chi connectivity index (χ0n) is 11.1. The first kappa shape index (κ1) is 13.0. The summed E-state index contributed by atoms with van der Waals surface area (Å²) >= 11 is 0. The van der Waals surface area contributed by atoms with Crippen LogP contribution in [0.2, 0.25) is 0 Å². The highest BCUT2D eigenvalue weighted by Gasteiger charge is 2.32. The third-order valence-electron chi connectivity index (χ3n) is 3.06. The van der Waals surface area contributed by atoms with Gasteiger partial charge in [-0.1, -0.05) is 47.1 Å². The van der Waals surface area contributed by atoms with Crippen LogP contribution < -0.4 is 0 Å². The third kappa shape index (κ3) is 2.55. The van der Waals surface area contributed by atoms with E-state index in [1.54, 1.807) is 6.08 Å². The maximum Gasteiger partial charge on any atom is 0.220 e. The molecule has 1 N–H and O–H groups in total. The standard InChI is InChI=1S/C14H22O2/c1-13(2,3)9-7-10(14(4,5)6)12(16)11(15)8-9/h8,16H,7H2,1-6H3. The maximum atomic E-state index is 11.7. The Bertz CT molecular complexity index is 371. The van der Waals surface area contributed by atoms with E-state index in [0.29, 0.717) is 6.42 Å². The lowest BCUT2D eigenvalue weighted by Crippen LogP contribution is -2.24. The fourth-order valence-electron chi connectivity index (χ4n) is 1.80. The van der Waals surface area contributed by atoms with Crippen LogP contribution in [0.1, 0.15) is 48.0 Å². The van der Waals surface area contributed by atoms with Crippen LogP contribution in [0.25, 0.3) is 0 Å². The van der Waals surface area contributed by atoms with Gasteiger partial charge < -0.3 is 5.11 Å². The van der Waals surface area contributed by atoms with Crippen molar-refractivity contribution in [3.8, 4) is 0 Å². The van der Waals surface area contributed by atoms with Gasteiger partial charge in [0, 0.05) is 0 Å². The fraction of sp³-hybridized carbons (Fsp3) is 0.643. The number of aliphatic hydroxyl groups excluding tert-OH is 1. The van der Waals surface area contributed by atoms with Crippen molar-refractivity contribution in [1.29, 1.82) is 0 Å². The topological polar surface area (TPSA) is 37.3 Å². The zero-order valence-corrected chi connectivity index (χ0v) is 11.1. The Morgan fingerprint density at radius 2 is 1.56 bits per heavy atom. The van der Waals surface area contributed by atoms with E-state index >= 15 is 0 Å². The molecule has 1 aliphatic rings. The molecule has 0 heterocycles. The summed E-state index contributed by atoms with van der Waals surface area (Å²) in [6.45, 7) is 12.4. The molecule has 2 nitrogen and oxygen atoms in total. The number of hydrogen-bond acceptors (Lipinski definition) is 2. The van der Waals surface area contributed by atoms with Gasteiger partial charge in [-0.05, 0) is 28.9 Å². The Kier molecular flexibility index (Phi) is 3.06. The van der Waals surface area contributed by atoms with Gasteiger partial charge >= 0.3 is 0 Å². The number of carbonyl (C=O) groups excluding carboxylic acids is 1. The summed E-state index contributed by atoms with van der Waals surface area (Å²) in [6.07, 6.45) is 2.29. The number of carbonyl (C=O) groups is 1. The molecule has 16 heavy (non-hydrogen) atoms. The van der Waals surface area contributed by atoms with Gasteiger partial charge in [-0.25, -0.2) is 0 Å². The van der Waals surface area contributed by atoms with E-state index in [9.17, 15) is 9.90 Å². The van der Waals surface area contributed by atoms with E-state index in [4.69, 9.17) is 0 Å². The molecule has 90 valence electrons. The van der Waals surface area contributed by atoms with Crippen molar-refractivity contribution in [3.05, 3.63) is 23.0 Å². The first-order chi connectivity index (χ1) is 7.03. The smallest absolute Gasteiger partial charge is 0.220 e. The van der Waals surface area contributed by atoms with Crippen molar-refractivity contribution in [3.63, 3.8) is 0 Å². The molecule has 0 aromatic rings. The molecule has 0 atom stereocenters. The monoisotopic (exact) mass is 222 g/mol. The van der Waals surface area contributed by atoms with Gasteiger partial charge in [0.2, 0.25) is 5.78 Å². The zero-order chi connectivity index (χ0) is 12.7. The molecule has 1 rings (SSSR count). The largest absolute Gasteiger partial charge is 0.504 e.